The van der Waals surface area contributed by atoms with E-state index in [4.69, 9.17) is 4.74 Å². The maximum Gasteiger partial charge on any atom is 0.281 e. The van der Waals surface area contributed by atoms with Crippen LogP contribution in [0.15, 0.2) is 24.3 Å². The predicted octanol–water partition coefficient (Wildman–Crippen LogP) is 0.985. The van der Waals surface area contributed by atoms with Crippen LogP contribution >= 0.6 is 0 Å². The van der Waals surface area contributed by atoms with Crippen LogP contribution in [0.2, 0.25) is 0 Å². The smallest absolute Gasteiger partial charge is 0.281 e. The van der Waals surface area contributed by atoms with E-state index < -0.39 is 16.7 Å². The average molecular weight is 262 g/mol. The number of rotatable bonds is 3. The third kappa shape index (κ3) is 1.95. The van der Waals surface area contributed by atoms with Crippen molar-refractivity contribution < 1.29 is 19.2 Å². The minimum atomic E-state index is -0.616. The van der Waals surface area contributed by atoms with Gasteiger partial charge in [0, 0.05) is 19.2 Å². The van der Waals surface area contributed by atoms with Gasteiger partial charge in [-0.05, 0) is 6.07 Å². The summed E-state index contributed by atoms with van der Waals surface area (Å²) in [5.41, 5.74) is -0.281. The van der Waals surface area contributed by atoms with Gasteiger partial charge < -0.3 is 4.74 Å². The van der Waals surface area contributed by atoms with Crippen LogP contribution in [0.5, 0.6) is 5.75 Å². The molecule has 0 saturated carbocycles. The number of hydrogen-bond acceptors (Lipinski definition) is 5. The highest BCUT2D eigenvalue weighted by Crippen LogP contribution is 2.37. The van der Waals surface area contributed by atoms with E-state index in [2.05, 4.69) is 0 Å². The maximum atomic E-state index is 11.9. The van der Waals surface area contributed by atoms with Gasteiger partial charge in [-0.25, -0.2) is 0 Å². The van der Waals surface area contributed by atoms with Crippen LogP contribution in [0.1, 0.15) is 5.56 Å². The Balaban J connectivity index is 2.68. The Bertz CT molecular complexity index is 621. The van der Waals surface area contributed by atoms with Gasteiger partial charge in [0.25, 0.3) is 17.5 Å². The number of hydrogen-bond donors (Lipinski definition) is 0. The molecule has 2 amide bonds. The van der Waals surface area contributed by atoms with Crippen molar-refractivity contribution in [2.45, 2.75) is 0 Å². The molecule has 0 fully saturated rings. The second kappa shape index (κ2) is 4.52. The van der Waals surface area contributed by atoms with Crippen LogP contribution in [0.25, 0.3) is 5.57 Å². The van der Waals surface area contributed by atoms with Crippen LogP contribution in [0.3, 0.4) is 0 Å². The Hall–Kier alpha value is -2.70. The molecule has 0 aliphatic carbocycles. The van der Waals surface area contributed by atoms with E-state index >= 15 is 0 Å². The number of nitro groups is 1. The molecule has 0 spiro atoms. The molecule has 0 aromatic heterocycles. The number of benzene rings is 1. The van der Waals surface area contributed by atoms with E-state index in [0.717, 1.165) is 11.0 Å². The van der Waals surface area contributed by atoms with E-state index in [1.807, 2.05) is 0 Å². The molecule has 0 N–H and O–H groups in total. The number of likely N-dealkylation sites (N-methyl/N-ethyl adjacent to an activating group) is 1. The van der Waals surface area contributed by atoms with Gasteiger partial charge in [-0.15, -0.1) is 0 Å². The number of nitrogens with zero attached hydrogens (tertiary/aromatic N) is 2. The van der Waals surface area contributed by atoms with Crippen LogP contribution in [-0.2, 0) is 9.59 Å². The topological polar surface area (TPSA) is 89.8 Å². The minimum absolute atomic E-state index is 0.0256. The Morgan fingerprint density at radius 1 is 1.32 bits per heavy atom. The summed E-state index contributed by atoms with van der Waals surface area (Å²) in [5, 5.41) is 11.0. The summed E-state index contributed by atoms with van der Waals surface area (Å²) < 4.78 is 5.04. The van der Waals surface area contributed by atoms with Crippen molar-refractivity contribution >= 4 is 23.1 Å². The molecule has 1 aromatic carbocycles. The zero-order valence-corrected chi connectivity index (χ0v) is 10.2. The highest BCUT2D eigenvalue weighted by Gasteiger charge is 2.34. The monoisotopic (exact) mass is 262 g/mol. The number of ether oxygens (including phenoxy) is 1. The standard InChI is InChI=1S/C12H10N2O5/c1-13-10(15)6-7(12(13)16)11-8(14(17)18)4-3-5-9(11)19-2/h3-6H,1-2H3. The SMILES string of the molecule is COc1cccc([N+](=O)[O-])c1C1=CC(=O)N(C)C1=O. The van der Waals surface area contributed by atoms with Crippen LogP contribution in [-0.4, -0.2) is 35.8 Å². The summed E-state index contributed by atoms with van der Waals surface area (Å²) in [6.45, 7) is 0. The maximum absolute atomic E-state index is 11.9. The van der Waals surface area contributed by atoms with Crippen molar-refractivity contribution in [3.8, 4) is 5.75 Å². The van der Waals surface area contributed by atoms with Gasteiger partial charge in [-0.2, -0.15) is 0 Å². The molecule has 19 heavy (non-hydrogen) atoms. The number of amides is 2. The van der Waals surface area contributed by atoms with Gasteiger partial charge in [0.2, 0.25) is 0 Å². The molecule has 0 unspecified atom stereocenters. The minimum Gasteiger partial charge on any atom is -0.496 e. The van der Waals surface area contributed by atoms with Gasteiger partial charge >= 0.3 is 0 Å². The molecule has 98 valence electrons. The Kier molecular flexibility index (Phi) is 3.04. The molecule has 1 aliphatic heterocycles. The van der Waals surface area contributed by atoms with Gasteiger partial charge in [0.15, 0.2) is 0 Å². The Morgan fingerprint density at radius 2 is 2.00 bits per heavy atom. The summed E-state index contributed by atoms with van der Waals surface area (Å²) in [6.07, 6.45) is 1.08. The van der Waals surface area contributed by atoms with Gasteiger partial charge in [-0.3, -0.25) is 24.6 Å². The lowest BCUT2D eigenvalue weighted by molar-refractivity contribution is -0.385. The van der Waals surface area contributed by atoms with Gasteiger partial charge in [0.1, 0.15) is 11.3 Å². The number of imide groups is 1. The zero-order chi connectivity index (χ0) is 14.2. The molecule has 7 nitrogen and oxygen atoms in total. The largest absolute Gasteiger partial charge is 0.496 e. The number of nitro benzene ring substituents is 1. The summed E-state index contributed by atoms with van der Waals surface area (Å²) in [7, 11) is 2.66. The lowest BCUT2D eigenvalue weighted by atomic mass is 10.0. The molecule has 0 radical (unpaired) electrons. The highest BCUT2D eigenvalue weighted by molar-refractivity contribution is 6.34. The molecular weight excluding hydrogens is 252 g/mol. The lowest BCUT2D eigenvalue weighted by Crippen LogP contribution is -2.25. The molecule has 1 aromatic rings. The molecule has 1 aliphatic rings. The van der Waals surface area contributed by atoms with E-state index in [-0.39, 0.29) is 22.6 Å². The second-order valence-electron chi connectivity index (χ2n) is 3.87. The van der Waals surface area contributed by atoms with Crippen molar-refractivity contribution in [1.29, 1.82) is 0 Å². The molecule has 0 atom stereocenters. The van der Waals surface area contributed by atoms with Crippen molar-refractivity contribution in [3.63, 3.8) is 0 Å². The third-order valence-electron chi connectivity index (χ3n) is 2.82. The van der Waals surface area contributed by atoms with E-state index in [9.17, 15) is 19.7 Å². The summed E-state index contributed by atoms with van der Waals surface area (Å²) >= 11 is 0. The average Bonchev–Trinajstić information content (AvgIpc) is 2.65. The molecule has 0 saturated heterocycles. The fraction of sp³-hybridized carbons (Fsp3) is 0.167. The number of methoxy groups -OCH3 is 1. The Morgan fingerprint density at radius 3 is 2.47 bits per heavy atom. The van der Waals surface area contributed by atoms with Crippen molar-refractivity contribution in [1.82, 2.24) is 4.90 Å². The first kappa shape index (κ1) is 12.7. The van der Waals surface area contributed by atoms with Crippen LogP contribution in [0.4, 0.5) is 5.69 Å². The van der Waals surface area contributed by atoms with Crippen LogP contribution < -0.4 is 4.74 Å². The quantitative estimate of drug-likeness (QED) is 0.460. The first-order valence-electron chi connectivity index (χ1n) is 5.33. The molecule has 2 rings (SSSR count). The van der Waals surface area contributed by atoms with Gasteiger partial charge in [-0.1, -0.05) is 6.07 Å². The Labute approximate surface area is 108 Å². The van der Waals surface area contributed by atoms with E-state index in [1.54, 1.807) is 0 Å². The van der Waals surface area contributed by atoms with Crippen LogP contribution in [0, 0.1) is 10.1 Å². The molecule has 7 heteroatoms. The fourth-order valence-electron chi connectivity index (χ4n) is 1.85. The highest BCUT2D eigenvalue weighted by atomic mass is 16.6. The number of carbonyl (C=O) groups is 2. The number of carbonyl (C=O) groups excluding carboxylic acids is 2. The fourth-order valence-corrected chi connectivity index (χ4v) is 1.85. The predicted molar refractivity (Wildman–Crippen MR) is 65.4 cm³/mol. The normalized spacial score (nSPS) is 14.6. The zero-order valence-electron chi connectivity index (χ0n) is 10.2. The summed E-state index contributed by atoms with van der Waals surface area (Å²) in [5.74, 6) is -0.922. The van der Waals surface area contributed by atoms with E-state index in [0.29, 0.717) is 0 Å². The molecular formula is C12H10N2O5. The van der Waals surface area contributed by atoms with E-state index in [1.165, 1.54) is 32.4 Å². The van der Waals surface area contributed by atoms with Crippen molar-refractivity contribution in [3.05, 3.63) is 40.0 Å². The lowest BCUT2D eigenvalue weighted by Gasteiger charge is -2.10. The summed E-state index contributed by atoms with van der Waals surface area (Å²) in [4.78, 5) is 34.7. The van der Waals surface area contributed by atoms with Crippen molar-refractivity contribution in [2.75, 3.05) is 14.2 Å². The third-order valence-corrected chi connectivity index (χ3v) is 2.82. The first-order valence-corrected chi connectivity index (χ1v) is 5.33. The molecule has 1 heterocycles. The second-order valence-corrected chi connectivity index (χ2v) is 3.87. The summed E-state index contributed by atoms with van der Waals surface area (Å²) in [6, 6.07) is 4.21. The van der Waals surface area contributed by atoms with Crippen molar-refractivity contribution in [2.24, 2.45) is 0 Å². The molecule has 0 bridgehead atoms. The first-order chi connectivity index (χ1) is 8.97. The van der Waals surface area contributed by atoms with Gasteiger partial charge in [0.05, 0.1) is 17.6 Å².